The summed E-state index contributed by atoms with van der Waals surface area (Å²) in [6, 6.07) is 9.92. The van der Waals surface area contributed by atoms with Crippen LogP contribution in [-0.4, -0.2) is 42.1 Å². The highest BCUT2D eigenvalue weighted by Crippen LogP contribution is 2.42. The van der Waals surface area contributed by atoms with E-state index in [0.717, 1.165) is 5.56 Å². The molecule has 1 N–H and O–H groups in total. The van der Waals surface area contributed by atoms with Gasteiger partial charge in [0.15, 0.2) is 12.1 Å². The minimum Gasteiger partial charge on any atom is -0.393 e. The van der Waals surface area contributed by atoms with E-state index < -0.39 is 17.7 Å². The van der Waals surface area contributed by atoms with Crippen molar-refractivity contribution in [1.29, 1.82) is 0 Å². The molecule has 1 aromatic carbocycles. The molecule has 0 saturated carbocycles. The molecule has 2 heterocycles. The quantitative estimate of drug-likeness (QED) is 0.898. The van der Waals surface area contributed by atoms with Gasteiger partial charge in [-0.25, -0.2) is 0 Å². The maximum absolute atomic E-state index is 9.68. The van der Waals surface area contributed by atoms with E-state index in [0.29, 0.717) is 19.6 Å². The maximum Gasteiger partial charge on any atom is 0.188 e. The fourth-order valence-electron chi connectivity index (χ4n) is 2.87. The third-order valence-corrected chi connectivity index (χ3v) is 3.84. The van der Waals surface area contributed by atoms with Crippen LogP contribution in [0.3, 0.4) is 0 Å². The Hall–Kier alpha value is -0.980. The lowest BCUT2D eigenvalue weighted by Gasteiger charge is -2.29. The molecule has 0 aromatic heterocycles. The molecule has 3 rings (SSSR count). The Labute approximate surface area is 124 Å². The van der Waals surface area contributed by atoms with Gasteiger partial charge in [0.25, 0.3) is 0 Å². The Bertz CT molecular complexity index is 457. The van der Waals surface area contributed by atoms with Gasteiger partial charge in [0.2, 0.25) is 0 Å². The van der Waals surface area contributed by atoms with Crippen molar-refractivity contribution in [2.45, 2.75) is 50.7 Å². The van der Waals surface area contributed by atoms with Crippen molar-refractivity contribution in [3.8, 4) is 0 Å². The molecule has 2 aliphatic heterocycles. The van der Waals surface area contributed by atoms with E-state index in [4.69, 9.17) is 18.9 Å². The van der Waals surface area contributed by atoms with Crippen molar-refractivity contribution in [3.63, 3.8) is 0 Å². The zero-order valence-electron chi connectivity index (χ0n) is 12.5. The van der Waals surface area contributed by atoms with Crippen molar-refractivity contribution >= 4 is 0 Å². The van der Waals surface area contributed by atoms with Crippen LogP contribution >= 0.6 is 0 Å². The van der Waals surface area contributed by atoms with Crippen LogP contribution in [0.15, 0.2) is 30.3 Å². The van der Waals surface area contributed by atoms with Gasteiger partial charge < -0.3 is 24.1 Å². The van der Waals surface area contributed by atoms with Crippen molar-refractivity contribution in [1.82, 2.24) is 0 Å². The molecule has 2 saturated heterocycles. The molecule has 0 unspecified atom stereocenters. The molecule has 5 nitrogen and oxygen atoms in total. The van der Waals surface area contributed by atoms with Gasteiger partial charge in [-0.2, -0.15) is 0 Å². The lowest BCUT2D eigenvalue weighted by atomic mass is 10.0. The van der Waals surface area contributed by atoms with Gasteiger partial charge in [0.05, 0.1) is 19.8 Å². The largest absolute Gasteiger partial charge is 0.393 e. The van der Waals surface area contributed by atoms with E-state index in [1.165, 1.54) is 0 Å². The summed E-state index contributed by atoms with van der Waals surface area (Å²) >= 11 is 0. The molecule has 3 atom stereocenters. The molecule has 0 radical (unpaired) electrons. The first-order valence-corrected chi connectivity index (χ1v) is 7.28. The van der Waals surface area contributed by atoms with Gasteiger partial charge >= 0.3 is 0 Å². The van der Waals surface area contributed by atoms with Crippen LogP contribution in [-0.2, 0) is 25.6 Å². The zero-order valence-corrected chi connectivity index (χ0v) is 12.5. The first kappa shape index (κ1) is 14.9. The normalized spacial score (nSPS) is 34.0. The second kappa shape index (κ2) is 5.66. The predicted molar refractivity (Wildman–Crippen MR) is 75.4 cm³/mol. The summed E-state index contributed by atoms with van der Waals surface area (Å²) in [7, 11) is 0. The van der Waals surface area contributed by atoms with E-state index in [1.807, 2.05) is 44.2 Å². The van der Waals surface area contributed by atoms with Crippen molar-refractivity contribution in [2.75, 3.05) is 13.2 Å². The molecule has 0 bridgehead atoms. The average molecular weight is 294 g/mol. The highest BCUT2D eigenvalue weighted by Gasteiger charge is 2.55. The molecule has 21 heavy (non-hydrogen) atoms. The number of ether oxygens (including phenoxy) is 4. The van der Waals surface area contributed by atoms with Crippen LogP contribution in [0.25, 0.3) is 0 Å². The summed E-state index contributed by atoms with van der Waals surface area (Å²) < 4.78 is 23.1. The van der Waals surface area contributed by atoms with E-state index in [-0.39, 0.29) is 12.7 Å². The van der Waals surface area contributed by atoms with Crippen molar-refractivity contribution in [3.05, 3.63) is 35.9 Å². The van der Waals surface area contributed by atoms with Crippen LogP contribution < -0.4 is 0 Å². The summed E-state index contributed by atoms with van der Waals surface area (Å²) in [5, 5.41) is 9.68. The molecule has 5 heteroatoms. The average Bonchev–Trinajstić information content (AvgIpc) is 2.90. The van der Waals surface area contributed by atoms with Crippen LogP contribution in [0.5, 0.6) is 0 Å². The number of rotatable bonds is 5. The number of benzene rings is 1. The Kier molecular flexibility index (Phi) is 4.03. The van der Waals surface area contributed by atoms with E-state index in [9.17, 15) is 5.11 Å². The highest BCUT2D eigenvalue weighted by atomic mass is 16.8. The second-order valence-corrected chi connectivity index (χ2v) is 6.18. The lowest BCUT2D eigenvalue weighted by Crippen LogP contribution is -2.41. The first-order chi connectivity index (χ1) is 10.0. The smallest absolute Gasteiger partial charge is 0.188 e. The summed E-state index contributed by atoms with van der Waals surface area (Å²) in [5.41, 5.74) is 0.359. The second-order valence-electron chi connectivity index (χ2n) is 6.18. The molecular formula is C16H22O5. The molecular weight excluding hydrogens is 272 g/mol. The molecule has 116 valence electrons. The number of aliphatic hydroxyl groups excluding tert-OH is 1. The fourth-order valence-corrected chi connectivity index (χ4v) is 2.87. The minimum absolute atomic E-state index is 0.109. The van der Waals surface area contributed by atoms with Gasteiger partial charge in [0, 0.05) is 6.42 Å². The number of hydrogen-bond donors (Lipinski definition) is 1. The first-order valence-electron chi connectivity index (χ1n) is 7.28. The van der Waals surface area contributed by atoms with Crippen molar-refractivity contribution < 1.29 is 24.1 Å². The summed E-state index contributed by atoms with van der Waals surface area (Å²) in [6.07, 6.45) is 0.00629. The fraction of sp³-hybridized carbons (Fsp3) is 0.625. The van der Waals surface area contributed by atoms with Gasteiger partial charge in [-0.3, -0.25) is 0 Å². The SMILES string of the molecule is CC1(C)O[C@H]2O[C@](CO)(COCc3ccccc3)C[C@H]2O1. The summed E-state index contributed by atoms with van der Waals surface area (Å²) in [5.74, 6) is -0.623. The topological polar surface area (TPSA) is 57.2 Å². The third-order valence-electron chi connectivity index (χ3n) is 3.84. The maximum atomic E-state index is 9.68. The predicted octanol–water partition coefficient (Wildman–Crippen LogP) is 1.83. The highest BCUT2D eigenvalue weighted by molar-refractivity contribution is 5.13. The van der Waals surface area contributed by atoms with Gasteiger partial charge in [-0.15, -0.1) is 0 Å². The summed E-state index contributed by atoms with van der Waals surface area (Å²) in [6.45, 7) is 4.43. The number of aliphatic hydroxyl groups is 1. The third kappa shape index (κ3) is 3.27. The molecule has 0 spiro atoms. The lowest BCUT2D eigenvalue weighted by molar-refractivity contribution is -0.239. The van der Waals surface area contributed by atoms with Crippen LogP contribution in [0.4, 0.5) is 0 Å². The Morgan fingerprint density at radius 2 is 1.95 bits per heavy atom. The van der Waals surface area contributed by atoms with Gasteiger partial charge in [0.1, 0.15) is 11.7 Å². The van der Waals surface area contributed by atoms with E-state index in [2.05, 4.69) is 0 Å². The summed E-state index contributed by atoms with van der Waals surface area (Å²) in [4.78, 5) is 0. The van der Waals surface area contributed by atoms with Crippen LogP contribution in [0, 0.1) is 0 Å². The molecule has 2 fully saturated rings. The monoisotopic (exact) mass is 294 g/mol. The van der Waals surface area contributed by atoms with Gasteiger partial charge in [-0.05, 0) is 19.4 Å². The minimum atomic E-state index is -0.736. The molecule has 2 aliphatic rings. The standard InChI is InChI=1S/C16H22O5/c1-15(2)19-13-8-16(10-17,21-14(13)20-15)11-18-9-12-6-4-3-5-7-12/h3-7,13-14,17H,8-11H2,1-2H3/t13-,14+,16-/m1/s1. The van der Waals surface area contributed by atoms with E-state index in [1.54, 1.807) is 0 Å². The van der Waals surface area contributed by atoms with E-state index >= 15 is 0 Å². The molecule has 0 amide bonds. The van der Waals surface area contributed by atoms with Crippen LogP contribution in [0.2, 0.25) is 0 Å². The number of hydrogen-bond acceptors (Lipinski definition) is 5. The number of fused-ring (bicyclic) bond motifs is 1. The van der Waals surface area contributed by atoms with Crippen molar-refractivity contribution in [2.24, 2.45) is 0 Å². The molecule has 1 aromatic rings. The Balaban J connectivity index is 1.55. The van der Waals surface area contributed by atoms with Gasteiger partial charge in [-0.1, -0.05) is 30.3 Å². The van der Waals surface area contributed by atoms with Crippen LogP contribution in [0.1, 0.15) is 25.8 Å². The Morgan fingerprint density at radius 3 is 2.62 bits per heavy atom. The Morgan fingerprint density at radius 1 is 1.19 bits per heavy atom. The molecule has 0 aliphatic carbocycles. The zero-order chi connectivity index (χ0) is 14.9.